The second-order valence-electron chi connectivity index (χ2n) is 4.68. The number of hydrogen-bond acceptors (Lipinski definition) is 2. The smallest absolute Gasteiger partial charge is 0.230 e. The Morgan fingerprint density at radius 3 is 2.50 bits per heavy atom. The van der Waals surface area contributed by atoms with E-state index < -0.39 is 5.41 Å². The van der Waals surface area contributed by atoms with Crippen molar-refractivity contribution in [2.45, 2.75) is 32.6 Å². The number of benzene rings is 1. The number of rotatable bonds is 4. The highest BCUT2D eigenvalue weighted by atomic mass is 16.2. The van der Waals surface area contributed by atoms with E-state index in [1.807, 2.05) is 38.1 Å². The third kappa shape index (κ3) is 3.53. The number of carbonyl (C=O) groups excluding carboxylic acids is 1. The van der Waals surface area contributed by atoms with E-state index in [2.05, 4.69) is 17.2 Å². The van der Waals surface area contributed by atoms with Gasteiger partial charge in [0, 0.05) is 18.7 Å². The zero-order chi connectivity index (χ0) is 13.6. The van der Waals surface area contributed by atoms with Gasteiger partial charge >= 0.3 is 0 Å². The van der Waals surface area contributed by atoms with Gasteiger partial charge in [-0.2, -0.15) is 0 Å². The van der Waals surface area contributed by atoms with Crippen molar-refractivity contribution in [3.8, 4) is 11.8 Å². The van der Waals surface area contributed by atoms with E-state index in [4.69, 9.17) is 5.73 Å². The van der Waals surface area contributed by atoms with Crippen LogP contribution >= 0.6 is 0 Å². The molecule has 0 aliphatic carbocycles. The van der Waals surface area contributed by atoms with Gasteiger partial charge in [-0.1, -0.05) is 12.1 Å². The molecule has 1 aromatic rings. The fourth-order valence-electron chi connectivity index (χ4n) is 1.62. The van der Waals surface area contributed by atoms with Crippen LogP contribution in [0.4, 0.5) is 5.69 Å². The second-order valence-corrected chi connectivity index (χ2v) is 4.68. The molecule has 3 N–H and O–H groups in total. The topological polar surface area (TPSA) is 55.1 Å². The van der Waals surface area contributed by atoms with Crippen molar-refractivity contribution in [1.82, 2.24) is 5.32 Å². The van der Waals surface area contributed by atoms with Gasteiger partial charge in [-0.3, -0.25) is 4.79 Å². The Hall–Kier alpha value is -1.95. The van der Waals surface area contributed by atoms with E-state index in [9.17, 15) is 4.79 Å². The van der Waals surface area contributed by atoms with Gasteiger partial charge < -0.3 is 11.1 Å². The van der Waals surface area contributed by atoms with Crippen LogP contribution in [0.5, 0.6) is 0 Å². The Morgan fingerprint density at radius 2 is 1.94 bits per heavy atom. The molecule has 18 heavy (non-hydrogen) atoms. The van der Waals surface area contributed by atoms with Crippen molar-refractivity contribution in [3.63, 3.8) is 0 Å². The lowest BCUT2D eigenvalue weighted by molar-refractivity contribution is -0.125. The van der Waals surface area contributed by atoms with Crippen LogP contribution < -0.4 is 11.1 Å². The number of nitrogens with one attached hydrogen (secondary N) is 1. The van der Waals surface area contributed by atoms with E-state index in [0.717, 1.165) is 5.56 Å². The minimum Gasteiger partial charge on any atom is -0.399 e. The summed E-state index contributed by atoms with van der Waals surface area (Å²) in [6.45, 7) is 6.18. The normalized spacial score (nSPS) is 10.4. The molecule has 0 aromatic heterocycles. The molecular weight excluding hydrogens is 224 g/mol. The maximum absolute atomic E-state index is 12.1. The molecule has 0 radical (unpaired) electrons. The average molecular weight is 244 g/mol. The number of nitrogen functional groups attached to an aromatic ring is 1. The van der Waals surface area contributed by atoms with Crippen LogP contribution in [0.2, 0.25) is 0 Å². The third-order valence-corrected chi connectivity index (χ3v) is 2.91. The van der Waals surface area contributed by atoms with Crippen LogP contribution in [0.25, 0.3) is 0 Å². The first-order chi connectivity index (χ1) is 8.48. The first-order valence-electron chi connectivity index (χ1n) is 6.02. The molecule has 0 saturated heterocycles. The fourth-order valence-corrected chi connectivity index (χ4v) is 1.62. The first-order valence-corrected chi connectivity index (χ1v) is 6.02. The van der Waals surface area contributed by atoms with Gasteiger partial charge in [0.05, 0.1) is 5.41 Å². The van der Waals surface area contributed by atoms with Gasteiger partial charge in [0.25, 0.3) is 0 Å². The molecule has 0 saturated carbocycles. The van der Waals surface area contributed by atoms with Crippen LogP contribution in [0, 0.1) is 11.8 Å². The van der Waals surface area contributed by atoms with Crippen LogP contribution in [0.3, 0.4) is 0 Å². The van der Waals surface area contributed by atoms with Gasteiger partial charge in [-0.05, 0) is 38.5 Å². The lowest BCUT2D eigenvalue weighted by Gasteiger charge is -2.24. The summed E-state index contributed by atoms with van der Waals surface area (Å²) in [5, 5.41) is 2.90. The number of amides is 1. The van der Waals surface area contributed by atoms with Crippen molar-refractivity contribution < 1.29 is 4.79 Å². The molecule has 1 amide bonds. The molecule has 0 spiro atoms. The summed E-state index contributed by atoms with van der Waals surface area (Å²) in [7, 11) is 0. The van der Waals surface area contributed by atoms with Crippen molar-refractivity contribution in [1.29, 1.82) is 0 Å². The second kappa shape index (κ2) is 6.11. The van der Waals surface area contributed by atoms with Crippen LogP contribution in [0.1, 0.15) is 32.8 Å². The SMILES string of the molecule is CC#CCCNC(=O)C(C)(C)c1ccc(N)cc1. The van der Waals surface area contributed by atoms with Gasteiger partial charge in [-0.25, -0.2) is 0 Å². The van der Waals surface area contributed by atoms with E-state index in [-0.39, 0.29) is 5.91 Å². The van der Waals surface area contributed by atoms with Gasteiger partial charge in [0.1, 0.15) is 0 Å². The molecule has 0 unspecified atom stereocenters. The third-order valence-electron chi connectivity index (χ3n) is 2.91. The van der Waals surface area contributed by atoms with Crippen molar-refractivity contribution >= 4 is 11.6 Å². The largest absolute Gasteiger partial charge is 0.399 e. The maximum Gasteiger partial charge on any atom is 0.230 e. The molecule has 0 heterocycles. The number of carbonyl (C=O) groups is 1. The predicted molar refractivity (Wildman–Crippen MR) is 75.0 cm³/mol. The fraction of sp³-hybridized carbons (Fsp3) is 0.400. The van der Waals surface area contributed by atoms with E-state index in [1.54, 1.807) is 6.92 Å². The number of hydrogen-bond donors (Lipinski definition) is 2. The quantitative estimate of drug-likeness (QED) is 0.484. The minimum atomic E-state index is -0.562. The minimum absolute atomic E-state index is 0.00479. The Balaban J connectivity index is 2.69. The molecule has 0 bridgehead atoms. The summed E-state index contributed by atoms with van der Waals surface area (Å²) in [5.41, 5.74) is 6.74. The summed E-state index contributed by atoms with van der Waals surface area (Å²) < 4.78 is 0. The van der Waals surface area contributed by atoms with E-state index in [0.29, 0.717) is 18.7 Å². The summed E-state index contributed by atoms with van der Waals surface area (Å²) in [4.78, 5) is 12.1. The highest BCUT2D eigenvalue weighted by molar-refractivity contribution is 5.87. The molecular formula is C15H20N2O. The Morgan fingerprint density at radius 1 is 1.33 bits per heavy atom. The van der Waals surface area contributed by atoms with Crippen molar-refractivity contribution in [2.24, 2.45) is 0 Å². The Bertz CT molecular complexity index is 464. The molecule has 0 aliphatic heterocycles. The lowest BCUT2D eigenvalue weighted by Crippen LogP contribution is -2.40. The number of anilines is 1. The molecule has 1 aromatic carbocycles. The maximum atomic E-state index is 12.1. The molecule has 1 rings (SSSR count). The standard InChI is InChI=1S/C15H20N2O/c1-4-5-6-11-17-14(18)15(2,3)12-7-9-13(16)10-8-12/h7-10H,6,11,16H2,1-3H3,(H,17,18). The molecule has 0 aliphatic rings. The van der Waals surface area contributed by atoms with Crippen molar-refractivity contribution in [2.75, 3.05) is 12.3 Å². The first kappa shape index (κ1) is 14.1. The van der Waals surface area contributed by atoms with Gasteiger partial charge in [0.15, 0.2) is 0 Å². The van der Waals surface area contributed by atoms with Crippen molar-refractivity contribution in [3.05, 3.63) is 29.8 Å². The summed E-state index contributed by atoms with van der Waals surface area (Å²) in [6, 6.07) is 7.40. The Kier molecular flexibility index (Phi) is 4.79. The Labute approximate surface area is 109 Å². The molecule has 3 heteroatoms. The summed E-state index contributed by atoms with van der Waals surface area (Å²) in [5.74, 6) is 5.73. The van der Waals surface area contributed by atoms with Gasteiger partial charge in [-0.15, -0.1) is 11.8 Å². The van der Waals surface area contributed by atoms with E-state index in [1.165, 1.54) is 0 Å². The van der Waals surface area contributed by atoms with E-state index >= 15 is 0 Å². The predicted octanol–water partition coefficient (Wildman–Crippen LogP) is 2.08. The highest BCUT2D eigenvalue weighted by Gasteiger charge is 2.29. The summed E-state index contributed by atoms with van der Waals surface area (Å²) >= 11 is 0. The lowest BCUT2D eigenvalue weighted by atomic mass is 9.83. The van der Waals surface area contributed by atoms with Crippen LogP contribution in [0.15, 0.2) is 24.3 Å². The number of nitrogens with two attached hydrogens (primary N) is 1. The highest BCUT2D eigenvalue weighted by Crippen LogP contribution is 2.24. The molecule has 3 nitrogen and oxygen atoms in total. The molecule has 96 valence electrons. The zero-order valence-corrected chi connectivity index (χ0v) is 11.2. The monoisotopic (exact) mass is 244 g/mol. The van der Waals surface area contributed by atoms with Crippen LogP contribution in [-0.2, 0) is 10.2 Å². The summed E-state index contributed by atoms with van der Waals surface area (Å²) in [6.07, 6.45) is 0.681. The molecule has 0 atom stereocenters. The molecule has 0 fully saturated rings. The average Bonchev–Trinajstić information content (AvgIpc) is 2.35. The van der Waals surface area contributed by atoms with Crippen LogP contribution in [-0.4, -0.2) is 12.5 Å². The zero-order valence-electron chi connectivity index (χ0n) is 11.2. The van der Waals surface area contributed by atoms with Gasteiger partial charge in [0.2, 0.25) is 5.91 Å².